The molecule has 9 heteroatoms. The molecule has 3 rings (SSSR count). The number of anilines is 2. The van der Waals surface area contributed by atoms with E-state index in [0.29, 0.717) is 27.9 Å². The lowest BCUT2D eigenvalue weighted by Crippen LogP contribution is -2.33. The second-order valence-corrected chi connectivity index (χ2v) is 8.02. The van der Waals surface area contributed by atoms with Crippen LogP contribution in [0.4, 0.5) is 11.4 Å². The largest absolute Gasteiger partial charge is 0.454 e. The van der Waals surface area contributed by atoms with Gasteiger partial charge in [0.15, 0.2) is 11.5 Å². The Kier molecular flexibility index (Phi) is 5.24. The fraction of sp³-hybridized carbons (Fsp3) is 0.235. The Morgan fingerprint density at radius 1 is 1.19 bits per heavy atom. The average molecular weight is 397 g/mol. The van der Waals surface area contributed by atoms with Gasteiger partial charge in [0.1, 0.15) is 0 Å². The number of rotatable bonds is 6. The molecular formula is C17H17ClN2O5S. The van der Waals surface area contributed by atoms with Crippen molar-refractivity contribution in [1.29, 1.82) is 0 Å². The predicted octanol–water partition coefficient (Wildman–Crippen LogP) is 2.86. The lowest BCUT2D eigenvalue weighted by atomic mass is 10.2. The first-order valence-electron chi connectivity index (χ1n) is 7.76. The molecule has 26 heavy (non-hydrogen) atoms. The van der Waals surface area contributed by atoms with Gasteiger partial charge in [-0.25, -0.2) is 8.42 Å². The molecule has 1 aliphatic heterocycles. The monoisotopic (exact) mass is 396 g/mol. The highest BCUT2D eigenvalue weighted by atomic mass is 35.5. The van der Waals surface area contributed by atoms with Crippen LogP contribution in [0.25, 0.3) is 0 Å². The molecule has 138 valence electrons. The normalized spacial score (nSPS) is 12.7. The molecule has 7 nitrogen and oxygen atoms in total. The zero-order valence-electron chi connectivity index (χ0n) is 13.9. The number of nitrogens with zero attached hydrogens (tertiary/aromatic N) is 1. The van der Waals surface area contributed by atoms with Crippen LogP contribution in [0.2, 0.25) is 5.02 Å². The summed E-state index contributed by atoms with van der Waals surface area (Å²) in [6.45, 7) is 0.144. The molecule has 0 aromatic heterocycles. The van der Waals surface area contributed by atoms with Crippen LogP contribution in [-0.2, 0) is 14.8 Å². The molecule has 2 aromatic rings. The minimum atomic E-state index is -3.55. The molecule has 2 aromatic carbocycles. The molecule has 0 saturated heterocycles. The number of benzene rings is 2. The summed E-state index contributed by atoms with van der Waals surface area (Å²) >= 11 is 5.93. The molecule has 1 N–H and O–H groups in total. The fourth-order valence-corrected chi connectivity index (χ4v) is 3.62. The first-order chi connectivity index (χ1) is 12.3. The van der Waals surface area contributed by atoms with Crippen LogP contribution >= 0.6 is 11.6 Å². The maximum Gasteiger partial charge on any atom is 0.232 e. The van der Waals surface area contributed by atoms with Crippen molar-refractivity contribution >= 4 is 38.9 Å². The Morgan fingerprint density at radius 3 is 2.69 bits per heavy atom. The van der Waals surface area contributed by atoms with Crippen LogP contribution in [0, 0.1) is 0 Å². The van der Waals surface area contributed by atoms with E-state index in [4.69, 9.17) is 21.1 Å². The van der Waals surface area contributed by atoms with E-state index < -0.39 is 10.0 Å². The van der Waals surface area contributed by atoms with Gasteiger partial charge in [-0.3, -0.25) is 9.10 Å². The Hall–Kier alpha value is -2.45. The van der Waals surface area contributed by atoms with Gasteiger partial charge in [0.25, 0.3) is 0 Å². The lowest BCUT2D eigenvalue weighted by Gasteiger charge is -2.22. The molecular weight excluding hydrogens is 380 g/mol. The van der Waals surface area contributed by atoms with Gasteiger partial charge in [-0.15, -0.1) is 0 Å². The minimum absolute atomic E-state index is 0.00440. The van der Waals surface area contributed by atoms with Crippen molar-refractivity contribution in [3.05, 3.63) is 47.5 Å². The van der Waals surface area contributed by atoms with Crippen molar-refractivity contribution in [2.24, 2.45) is 0 Å². The third kappa shape index (κ3) is 4.39. The van der Waals surface area contributed by atoms with E-state index in [1.807, 2.05) is 0 Å². The number of ether oxygens (including phenoxy) is 2. The SMILES string of the molecule is CS(=O)(=O)N(CCC(=O)Nc1ccc2c(c1)OCO2)c1cccc(Cl)c1. The van der Waals surface area contributed by atoms with E-state index >= 15 is 0 Å². The third-order valence-corrected chi connectivity index (χ3v) is 5.12. The zero-order chi connectivity index (χ0) is 18.7. The first kappa shape index (κ1) is 18.3. The summed E-state index contributed by atoms with van der Waals surface area (Å²) in [6, 6.07) is 11.5. The molecule has 1 aliphatic rings. The van der Waals surface area contributed by atoms with Crippen molar-refractivity contribution < 1.29 is 22.7 Å². The number of nitrogens with one attached hydrogen (secondary N) is 1. The molecule has 0 fully saturated rings. The summed E-state index contributed by atoms with van der Waals surface area (Å²) in [7, 11) is -3.55. The van der Waals surface area contributed by atoms with Crippen molar-refractivity contribution in [1.82, 2.24) is 0 Å². The number of halogens is 1. The summed E-state index contributed by atoms with van der Waals surface area (Å²) in [5, 5.41) is 3.14. The van der Waals surface area contributed by atoms with E-state index in [9.17, 15) is 13.2 Å². The number of carbonyl (C=O) groups excluding carboxylic acids is 1. The quantitative estimate of drug-likeness (QED) is 0.811. The van der Waals surface area contributed by atoms with Gasteiger partial charge in [0.05, 0.1) is 11.9 Å². The van der Waals surface area contributed by atoms with Gasteiger partial charge in [-0.05, 0) is 30.3 Å². The fourth-order valence-electron chi connectivity index (χ4n) is 2.52. The molecule has 0 unspecified atom stereocenters. The van der Waals surface area contributed by atoms with E-state index in [-0.39, 0.29) is 25.7 Å². The lowest BCUT2D eigenvalue weighted by molar-refractivity contribution is -0.116. The molecule has 0 bridgehead atoms. The topological polar surface area (TPSA) is 84.9 Å². The number of carbonyl (C=O) groups is 1. The van der Waals surface area contributed by atoms with Crippen LogP contribution in [0.15, 0.2) is 42.5 Å². The second-order valence-electron chi connectivity index (χ2n) is 5.68. The number of amides is 1. The molecule has 1 heterocycles. The highest BCUT2D eigenvalue weighted by Crippen LogP contribution is 2.34. The molecule has 0 radical (unpaired) electrons. The molecule has 0 atom stereocenters. The maximum absolute atomic E-state index is 12.2. The van der Waals surface area contributed by atoms with Gasteiger partial charge >= 0.3 is 0 Å². The zero-order valence-corrected chi connectivity index (χ0v) is 15.5. The van der Waals surface area contributed by atoms with Crippen molar-refractivity contribution in [2.45, 2.75) is 6.42 Å². The average Bonchev–Trinajstić information content (AvgIpc) is 3.01. The van der Waals surface area contributed by atoms with Gasteiger partial charge in [0.2, 0.25) is 22.7 Å². The van der Waals surface area contributed by atoms with Gasteiger partial charge in [0, 0.05) is 29.7 Å². The van der Waals surface area contributed by atoms with Gasteiger partial charge in [-0.2, -0.15) is 0 Å². The summed E-state index contributed by atoms with van der Waals surface area (Å²) in [4.78, 5) is 12.2. The molecule has 0 saturated carbocycles. The van der Waals surface area contributed by atoms with Crippen molar-refractivity contribution in [2.75, 3.05) is 29.2 Å². The van der Waals surface area contributed by atoms with Crippen LogP contribution < -0.4 is 19.1 Å². The van der Waals surface area contributed by atoms with Crippen LogP contribution in [0.3, 0.4) is 0 Å². The number of fused-ring (bicyclic) bond motifs is 1. The highest BCUT2D eigenvalue weighted by molar-refractivity contribution is 7.92. The molecule has 1 amide bonds. The molecule has 0 spiro atoms. The maximum atomic E-state index is 12.2. The summed E-state index contributed by atoms with van der Waals surface area (Å²) in [5.74, 6) is 0.853. The molecule has 0 aliphatic carbocycles. The Balaban J connectivity index is 1.66. The van der Waals surface area contributed by atoms with Gasteiger partial charge in [-0.1, -0.05) is 17.7 Å². The second kappa shape index (κ2) is 7.43. The van der Waals surface area contributed by atoms with E-state index in [2.05, 4.69) is 5.32 Å². The van der Waals surface area contributed by atoms with E-state index in [0.717, 1.165) is 10.6 Å². The summed E-state index contributed by atoms with van der Waals surface area (Å²) in [5.41, 5.74) is 0.962. The van der Waals surface area contributed by atoms with Crippen molar-refractivity contribution in [3.8, 4) is 11.5 Å². The standard InChI is InChI=1S/C17H17ClN2O5S/c1-26(22,23)20(14-4-2-3-12(18)9-14)8-7-17(21)19-13-5-6-15-16(10-13)25-11-24-15/h2-6,9-10H,7-8,11H2,1H3,(H,19,21). The smallest absolute Gasteiger partial charge is 0.232 e. The van der Waals surface area contributed by atoms with Crippen LogP contribution in [-0.4, -0.2) is 33.9 Å². The van der Waals surface area contributed by atoms with Gasteiger partial charge < -0.3 is 14.8 Å². The highest BCUT2D eigenvalue weighted by Gasteiger charge is 2.19. The Bertz CT molecular complexity index is 933. The number of hydrogen-bond acceptors (Lipinski definition) is 5. The first-order valence-corrected chi connectivity index (χ1v) is 9.98. The Morgan fingerprint density at radius 2 is 1.96 bits per heavy atom. The van der Waals surface area contributed by atoms with Crippen LogP contribution in [0.1, 0.15) is 6.42 Å². The summed E-state index contributed by atoms with van der Waals surface area (Å²) in [6.07, 6.45) is 1.07. The summed E-state index contributed by atoms with van der Waals surface area (Å²) < 4.78 is 35.7. The third-order valence-electron chi connectivity index (χ3n) is 3.69. The predicted molar refractivity (Wildman–Crippen MR) is 99.5 cm³/mol. The van der Waals surface area contributed by atoms with E-state index in [1.165, 1.54) is 0 Å². The minimum Gasteiger partial charge on any atom is -0.454 e. The van der Waals surface area contributed by atoms with E-state index in [1.54, 1.807) is 42.5 Å². The van der Waals surface area contributed by atoms with Crippen LogP contribution in [0.5, 0.6) is 11.5 Å². The number of sulfonamides is 1. The number of hydrogen-bond donors (Lipinski definition) is 1. The van der Waals surface area contributed by atoms with Crippen molar-refractivity contribution in [3.63, 3.8) is 0 Å². The Labute approximate surface area is 156 Å².